The first kappa shape index (κ1) is 16.6. The molecule has 0 saturated heterocycles. The number of carbonyl (C=O) groups excluding carboxylic acids is 1. The zero-order valence-electron chi connectivity index (χ0n) is 14.8. The zero-order valence-corrected chi connectivity index (χ0v) is 14.8. The molecule has 1 aliphatic rings. The van der Waals surface area contributed by atoms with Crippen molar-refractivity contribution in [3.63, 3.8) is 0 Å². The summed E-state index contributed by atoms with van der Waals surface area (Å²) in [7, 11) is 0. The topological polar surface area (TPSA) is 46.9 Å². The molecule has 2 aromatic carbocycles. The smallest absolute Gasteiger partial charge is 0.271 e. The monoisotopic (exact) mass is 345 g/mol. The summed E-state index contributed by atoms with van der Waals surface area (Å²) in [5.74, 6) is 1.43. The highest BCUT2D eigenvalue weighted by atomic mass is 16.1. The Bertz CT molecular complexity index is 871. The average molecular weight is 345 g/mol. The van der Waals surface area contributed by atoms with Crippen LogP contribution in [0.1, 0.15) is 39.8 Å². The molecule has 26 heavy (non-hydrogen) atoms. The largest absolute Gasteiger partial charge is 0.350 e. The molecule has 0 fully saturated rings. The van der Waals surface area contributed by atoms with E-state index in [0.717, 1.165) is 31.6 Å². The lowest BCUT2D eigenvalue weighted by molar-refractivity contribution is 0.0949. The van der Waals surface area contributed by atoms with E-state index >= 15 is 0 Å². The molecular formula is C22H23N3O. The van der Waals surface area contributed by atoms with Crippen LogP contribution in [0.15, 0.2) is 66.9 Å². The minimum atomic E-state index is -0.0842. The number of aryl methyl sites for hydroxylation is 1. The molecule has 0 radical (unpaired) electrons. The van der Waals surface area contributed by atoms with Crippen LogP contribution in [0.25, 0.3) is 0 Å². The molecule has 1 N–H and O–H groups in total. The van der Waals surface area contributed by atoms with Gasteiger partial charge in [0.25, 0.3) is 5.91 Å². The summed E-state index contributed by atoms with van der Waals surface area (Å²) >= 11 is 0. The quantitative estimate of drug-likeness (QED) is 0.768. The lowest BCUT2D eigenvalue weighted by Gasteiger charge is -2.23. The third-order valence-electron chi connectivity index (χ3n) is 5.04. The van der Waals surface area contributed by atoms with Gasteiger partial charge in [-0.2, -0.15) is 0 Å². The van der Waals surface area contributed by atoms with Gasteiger partial charge in [0.05, 0.1) is 0 Å². The number of imidazole rings is 1. The number of rotatable bonds is 5. The molecule has 1 aromatic heterocycles. The minimum absolute atomic E-state index is 0.0842. The highest BCUT2D eigenvalue weighted by molar-refractivity contribution is 5.92. The molecule has 1 atom stereocenters. The number of fused-ring (bicyclic) bond motifs is 1. The van der Waals surface area contributed by atoms with E-state index in [1.165, 1.54) is 11.1 Å². The molecule has 1 amide bonds. The van der Waals surface area contributed by atoms with E-state index in [1.54, 1.807) is 0 Å². The SMILES string of the molecule is O=C(NCCc1ccccc1)c1cn2c(n1)CCC(c1ccccc1)C2. The van der Waals surface area contributed by atoms with E-state index in [9.17, 15) is 4.79 Å². The maximum absolute atomic E-state index is 12.4. The van der Waals surface area contributed by atoms with Crippen LogP contribution in [0.3, 0.4) is 0 Å². The van der Waals surface area contributed by atoms with Crippen molar-refractivity contribution in [1.29, 1.82) is 0 Å². The molecule has 0 spiro atoms. The fourth-order valence-corrected chi connectivity index (χ4v) is 3.61. The molecule has 132 valence electrons. The summed E-state index contributed by atoms with van der Waals surface area (Å²) in [4.78, 5) is 17.0. The molecule has 3 aromatic rings. The Kier molecular flexibility index (Phi) is 4.82. The second-order valence-electron chi connectivity index (χ2n) is 6.83. The molecule has 0 saturated carbocycles. The van der Waals surface area contributed by atoms with Gasteiger partial charge in [-0.25, -0.2) is 4.98 Å². The average Bonchev–Trinajstić information content (AvgIpc) is 3.13. The fourth-order valence-electron chi connectivity index (χ4n) is 3.61. The van der Waals surface area contributed by atoms with Gasteiger partial charge in [0, 0.05) is 31.6 Å². The summed E-state index contributed by atoms with van der Waals surface area (Å²) in [5.41, 5.74) is 3.12. The van der Waals surface area contributed by atoms with Gasteiger partial charge in [-0.05, 0) is 24.0 Å². The summed E-state index contributed by atoms with van der Waals surface area (Å²) in [6.07, 6.45) is 4.73. The summed E-state index contributed by atoms with van der Waals surface area (Å²) in [6, 6.07) is 20.8. The molecule has 4 heteroatoms. The van der Waals surface area contributed by atoms with Crippen molar-refractivity contribution in [3.8, 4) is 0 Å². The highest BCUT2D eigenvalue weighted by Gasteiger charge is 2.23. The van der Waals surface area contributed by atoms with Crippen LogP contribution < -0.4 is 5.32 Å². The predicted octanol–water partition coefficient (Wildman–Crippen LogP) is 3.59. The normalized spacial score (nSPS) is 16.1. The van der Waals surface area contributed by atoms with Gasteiger partial charge in [-0.1, -0.05) is 60.7 Å². The minimum Gasteiger partial charge on any atom is -0.350 e. The van der Waals surface area contributed by atoms with Crippen molar-refractivity contribution < 1.29 is 4.79 Å². The number of amides is 1. The van der Waals surface area contributed by atoms with Crippen molar-refractivity contribution in [2.24, 2.45) is 0 Å². The highest BCUT2D eigenvalue weighted by Crippen LogP contribution is 2.28. The molecule has 2 heterocycles. The Balaban J connectivity index is 1.37. The Morgan fingerprint density at radius 1 is 1.08 bits per heavy atom. The van der Waals surface area contributed by atoms with Crippen molar-refractivity contribution in [2.75, 3.05) is 6.54 Å². The van der Waals surface area contributed by atoms with Gasteiger partial charge in [0.1, 0.15) is 11.5 Å². The molecule has 4 nitrogen and oxygen atoms in total. The fraction of sp³-hybridized carbons (Fsp3) is 0.273. The second-order valence-corrected chi connectivity index (χ2v) is 6.83. The predicted molar refractivity (Wildman–Crippen MR) is 102 cm³/mol. The van der Waals surface area contributed by atoms with Gasteiger partial charge in [0.2, 0.25) is 0 Å². The zero-order chi connectivity index (χ0) is 17.8. The van der Waals surface area contributed by atoms with Crippen LogP contribution in [0.5, 0.6) is 0 Å². The first-order chi connectivity index (χ1) is 12.8. The number of benzene rings is 2. The van der Waals surface area contributed by atoms with E-state index in [1.807, 2.05) is 30.5 Å². The van der Waals surface area contributed by atoms with Gasteiger partial charge in [-0.15, -0.1) is 0 Å². The lowest BCUT2D eigenvalue weighted by atomic mass is 9.92. The molecule has 4 rings (SSSR count). The van der Waals surface area contributed by atoms with Crippen LogP contribution in [0, 0.1) is 0 Å². The van der Waals surface area contributed by atoms with Crippen molar-refractivity contribution >= 4 is 5.91 Å². The Hall–Kier alpha value is -2.88. The van der Waals surface area contributed by atoms with Gasteiger partial charge >= 0.3 is 0 Å². The van der Waals surface area contributed by atoms with Crippen LogP contribution in [0.4, 0.5) is 0 Å². The molecule has 0 aliphatic carbocycles. The van der Waals surface area contributed by atoms with E-state index in [4.69, 9.17) is 0 Å². The molecule has 0 bridgehead atoms. The van der Waals surface area contributed by atoms with Crippen molar-refractivity contribution in [3.05, 3.63) is 89.5 Å². The standard InChI is InChI=1S/C22H23N3O/c26-22(23-14-13-17-7-3-1-4-8-17)20-16-25-15-19(11-12-21(25)24-20)18-9-5-2-6-10-18/h1-10,16,19H,11-15H2,(H,23,26). The maximum atomic E-state index is 12.4. The van der Waals surface area contributed by atoms with Crippen molar-refractivity contribution in [2.45, 2.75) is 31.7 Å². The van der Waals surface area contributed by atoms with E-state index in [2.05, 4.69) is 51.3 Å². The first-order valence-electron chi connectivity index (χ1n) is 9.23. The summed E-state index contributed by atoms with van der Waals surface area (Å²) < 4.78 is 2.15. The van der Waals surface area contributed by atoms with Crippen LogP contribution in [-0.4, -0.2) is 22.0 Å². The van der Waals surface area contributed by atoms with Gasteiger partial charge in [0.15, 0.2) is 0 Å². The Morgan fingerprint density at radius 2 is 1.81 bits per heavy atom. The van der Waals surface area contributed by atoms with E-state index < -0.39 is 0 Å². The molecular weight excluding hydrogens is 322 g/mol. The number of nitrogens with zero attached hydrogens (tertiary/aromatic N) is 2. The van der Waals surface area contributed by atoms with Gasteiger partial charge in [-0.3, -0.25) is 4.79 Å². The van der Waals surface area contributed by atoms with Gasteiger partial charge < -0.3 is 9.88 Å². The third kappa shape index (κ3) is 3.69. The summed E-state index contributed by atoms with van der Waals surface area (Å²) in [6.45, 7) is 1.52. The van der Waals surface area contributed by atoms with Crippen molar-refractivity contribution in [1.82, 2.24) is 14.9 Å². The number of nitrogens with one attached hydrogen (secondary N) is 1. The second kappa shape index (κ2) is 7.56. The van der Waals surface area contributed by atoms with E-state index in [0.29, 0.717) is 18.2 Å². The van der Waals surface area contributed by atoms with Crippen LogP contribution in [0.2, 0.25) is 0 Å². The van der Waals surface area contributed by atoms with Crippen LogP contribution in [-0.2, 0) is 19.4 Å². The summed E-state index contributed by atoms with van der Waals surface area (Å²) in [5, 5.41) is 2.98. The number of hydrogen-bond acceptors (Lipinski definition) is 2. The first-order valence-corrected chi connectivity index (χ1v) is 9.23. The number of aromatic nitrogens is 2. The molecule has 1 unspecified atom stereocenters. The van der Waals surface area contributed by atoms with Crippen LogP contribution >= 0.6 is 0 Å². The molecule has 1 aliphatic heterocycles. The van der Waals surface area contributed by atoms with E-state index in [-0.39, 0.29) is 5.91 Å². The maximum Gasteiger partial charge on any atom is 0.271 e. The lowest BCUT2D eigenvalue weighted by Crippen LogP contribution is -2.26. The Labute approximate surface area is 153 Å². The third-order valence-corrected chi connectivity index (χ3v) is 5.04. The number of carbonyl (C=O) groups is 1. The number of hydrogen-bond donors (Lipinski definition) is 1. The Morgan fingerprint density at radius 3 is 2.58 bits per heavy atom.